The normalized spacial score (nSPS) is 10.6. The summed E-state index contributed by atoms with van der Waals surface area (Å²) in [5, 5.41) is 10.8. The number of nitrogens with zero attached hydrogens (tertiary/aromatic N) is 2. The number of hydrogen-bond acceptors (Lipinski definition) is 4. The van der Waals surface area contributed by atoms with Crippen LogP contribution in [0.5, 0.6) is 5.88 Å². The van der Waals surface area contributed by atoms with Gasteiger partial charge in [-0.1, -0.05) is 17.5 Å². The molecule has 5 nitrogen and oxygen atoms in total. The van der Waals surface area contributed by atoms with E-state index in [0.29, 0.717) is 0 Å². The molecule has 0 N–H and O–H groups in total. The third kappa shape index (κ3) is 2.84. The quantitative estimate of drug-likeness (QED) is 0.352. The van der Waals surface area contributed by atoms with Crippen molar-refractivity contribution in [1.82, 2.24) is 4.98 Å². The Bertz CT molecular complexity index is 466. The molecule has 6 heteroatoms. The van der Waals surface area contributed by atoms with Crippen LogP contribution in [-0.2, 0) is 0 Å². The van der Waals surface area contributed by atoms with Crippen LogP contribution in [-0.4, -0.2) is 15.5 Å². The first-order chi connectivity index (χ1) is 7.35. The van der Waals surface area contributed by atoms with Crippen molar-refractivity contribution in [2.24, 2.45) is 0 Å². The summed E-state index contributed by atoms with van der Waals surface area (Å²) in [4.78, 5) is 13.8. The molecule has 1 aromatic heterocycles. The molecule has 1 aromatic rings. The number of ether oxygens (including phenoxy) is 1. The van der Waals surface area contributed by atoms with Gasteiger partial charge in [0.2, 0.25) is 0 Å². The van der Waals surface area contributed by atoms with E-state index in [4.69, 9.17) is 22.8 Å². The minimum absolute atomic E-state index is 0.105. The van der Waals surface area contributed by atoms with Gasteiger partial charge in [-0.2, -0.15) is 4.98 Å². The molecule has 0 atom stereocenters. The first-order valence-corrected chi connectivity index (χ1v) is 4.71. The van der Waals surface area contributed by atoms with E-state index in [1.54, 1.807) is 13.8 Å². The van der Waals surface area contributed by atoms with Crippen molar-refractivity contribution in [3.63, 3.8) is 0 Å². The van der Waals surface area contributed by atoms with Crippen LogP contribution in [0.25, 0.3) is 0 Å². The van der Waals surface area contributed by atoms with Crippen molar-refractivity contribution in [3.05, 3.63) is 27.4 Å². The topological polar surface area (TPSA) is 65.3 Å². The lowest BCUT2D eigenvalue weighted by Gasteiger charge is -2.18. The third-order valence-electron chi connectivity index (χ3n) is 1.70. The molecule has 0 saturated heterocycles. The lowest BCUT2D eigenvalue weighted by molar-refractivity contribution is -0.386. The molecule has 1 heterocycles. The van der Waals surface area contributed by atoms with Crippen LogP contribution in [0.3, 0.4) is 0 Å². The predicted molar refractivity (Wildman–Crippen MR) is 59.4 cm³/mol. The molecule has 0 spiro atoms. The minimum atomic E-state index is -0.984. The predicted octanol–water partition coefficient (Wildman–Crippen LogP) is 2.43. The van der Waals surface area contributed by atoms with Crippen molar-refractivity contribution in [1.29, 1.82) is 0 Å². The van der Waals surface area contributed by atoms with E-state index < -0.39 is 10.5 Å². The van der Waals surface area contributed by atoms with Gasteiger partial charge in [0.05, 0.1) is 4.92 Å². The Labute approximate surface area is 97.5 Å². The zero-order chi connectivity index (χ0) is 12.3. The van der Waals surface area contributed by atoms with Gasteiger partial charge in [0.1, 0.15) is 5.15 Å². The Morgan fingerprint density at radius 2 is 2.25 bits per heavy atom. The van der Waals surface area contributed by atoms with E-state index in [9.17, 15) is 10.1 Å². The molecule has 0 amide bonds. The maximum Gasteiger partial charge on any atom is 0.331 e. The van der Waals surface area contributed by atoms with E-state index in [1.807, 2.05) is 0 Å². The standard InChI is InChI=1S/C10H9ClN2O3/c1-4-10(2,3)16-9-7(13(14)15)5-6-8(11)12-9/h1,5-6H,2-3H3. The van der Waals surface area contributed by atoms with Gasteiger partial charge in [-0.05, 0) is 19.9 Å². The Morgan fingerprint density at radius 1 is 1.62 bits per heavy atom. The number of aromatic nitrogens is 1. The molecule has 1 rings (SSSR count). The maximum absolute atomic E-state index is 10.7. The average molecular weight is 241 g/mol. The molecule has 0 saturated carbocycles. The molecule has 84 valence electrons. The number of nitro groups is 1. The third-order valence-corrected chi connectivity index (χ3v) is 1.91. The van der Waals surface area contributed by atoms with Crippen LogP contribution >= 0.6 is 11.6 Å². The first kappa shape index (κ1) is 12.3. The monoisotopic (exact) mass is 240 g/mol. The van der Waals surface area contributed by atoms with Gasteiger partial charge >= 0.3 is 5.69 Å². The molecule has 16 heavy (non-hydrogen) atoms. The van der Waals surface area contributed by atoms with Crippen molar-refractivity contribution in [2.75, 3.05) is 0 Å². The van der Waals surface area contributed by atoms with Crippen LogP contribution < -0.4 is 4.74 Å². The molecular formula is C10H9ClN2O3. The maximum atomic E-state index is 10.7. The summed E-state index contributed by atoms with van der Waals surface area (Å²) in [6, 6.07) is 2.53. The summed E-state index contributed by atoms with van der Waals surface area (Å²) in [6.07, 6.45) is 5.21. The second kappa shape index (κ2) is 4.37. The molecule has 0 aliphatic carbocycles. The van der Waals surface area contributed by atoms with E-state index in [2.05, 4.69) is 10.9 Å². The second-order valence-electron chi connectivity index (χ2n) is 3.47. The summed E-state index contributed by atoms with van der Waals surface area (Å²) in [7, 11) is 0. The Balaban J connectivity index is 3.17. The summed E-state index contributed by atoms with van der Waals surface area (Å²) in [5.74, 6) is 2.17. The van der Waals surface area contributed by atoms with Crippen LogP contribution in [0.2, 0.25) is 5.15 Å². The molecule has 0 bridgehead atoms. The lowest BCUT2D eigenvalue weighted by atomic mass is 10.1. The molecular weight excluding hydrogens is 232 g/mol. The fourth-order valence-corrected chi connectivity index (χ4v) is 1.04. The molecule has 0 radical (unpaired) electrons. The van der Waals surface area contributed by atoms with Gasteiger partial charge in [-0.15, -0.1) is 6.42 Å². The highest BCUT2D eigenvalue weighted by atomic mass is 35.5. The Morgan fingerprint density at radius 3 is 2.75 bits per heavy atom. The zero-order valence-corrected chi connectivity index (χ0v) is 9.49. The largest absolute Gasteiger partial charge is 0.454 e. The van der Waals surface area contributed by atoms with Gasteiger partial charge in [-0.25, -0.2) is 0 Å². The highest BCUT2D eigenvalue weighted by molar-refractivity contribution is 6.29. The van der Waals surface area contributed by atoms with Crippen molar-refractivity contribution in [3.8, 4) is 18.2 Å². The van der Waals surface area contributed by atoms with Crippen LogP contribution in [0.15, 0.2) is 12.1 Å². The molecule has 0 aromatic carbocycles. The number of hydrogen-bond donors (Lipinski definition) is 0. The fraction of sp³-hybridized carbons (Fsp3) is 0.300. The summed E-state index contributed by atoms with van der Waals surface area (Å²) < 4.78 is 5.25. The molecule has 0 unspecified atom stereocenters. The second-order valence-corrected chi connectivity index (χ2v) is 3.86. The highest BCUT2D eigenvalue weighted by Crippen LogP contribution is 2.28. The minimum Gasteiger partial charge on any atom is -0.454 e. The lowest BCUT2D eigenvalue weighted by Crippen LogP contribution is -2.26. The van der Waals surface area contributed by atoms with E-state index in [-0.39, 0.29) is 16.7 Å². The average Bonchev–Trinajstić information content (AvgIpc) is 2.16. The van der Waals surface area contributed by atoms with E-state index >= 15 is 0 Å². The Kier molecular flexibility index (Phi) is 3.35. The summed E-state index contributed by atoms with van der Waals surface area (Å²) >= 11 is 5.63. The number of rotatable bonds is 3. The highest BCUT2D eigenvalue weighted by Gasteiger charge is 2.24. The zero-order valence-electron chi connectivity index (χ0n) is 8.73. The summed E-state index contributed by atoms with van der Waals surface area (Å²) in [6.45, 7) is 3.19. The van der Waals surface area contributed by atoms with Gasteiger partial charge in [0, 0.05) is 6.07 Å². The molecule has 0 aliphatic rings. The van der Waals surface area contributed by atoms with Gasteiger partial charge in [-0.3, -0.25) is 10.1 Å². The summed E-state index contributed by atoms with van der Waals surface area (Å²) in [5.41, 5.74) is -1.25. The van der Waals surface area contributed by atoms with Crippen molar-refractivity contribution in [2.45, 2.75) is 19.4 Å². The van der Waals surface area contributed by atoms with Crippen LogP contribution in [0.1, 0.15) is 13.8 Å². The molecule has 0 aliphatic heterocycles. The van der Waals surface area contributed by atoms with Gasteiger partial charge in [0.15, 0.2) is 5.60 Å². The number of pyridine rings is 1. The van der Waals surface area contributed by atoms with Gasteiger partial charge in [0.25, 0.3) is 5.88 Å². The van der Waals surface area contributed by atoms with E-state index in [1.165, 1.54) is 12.1 Å². The Hall–Kier alpha value is -1.80. The van der Waals surface area contributed by atoms with Crippen molar-refractivity contribution < 1.29 is 9.66 Å². The first-order valence-electron chi connectivity index (χ1n) is 4.33. The smallest absolute Gasteiger partial charge is 0.331 e. The number of terminal acetylenes is 1. The van der Waals surface area contributed by atoms with E-state index in [0.717, 1.165) is 0 Å². The van der Waals surface area contributed by atoms with Crippen LogP contribution in [0, 0.1) is 22.5 Å². The van der Waals surface area contributed by atoms with Gasteiger partial charge < -0.3 is 4.74 Å². The van der Waals surface area contributed by atoms with Crippen molar-refractivity contribution >= 4 is 17.3 Å². The van der Waals surface area contributed by atoms with Crippen LogP contribution in [0.4, 0.5) is 5.69 Å². The molecule has 0 fully saturated rings. The number of halogens is 1. The fourth-order valence-electron chi connectivity index (χ4n) is 0.896. The SMILES string of the molecule is C#CC(C)(C)Oc1nc(Cl)ccc1[N+](=O)[O-].